The molecule has 13 heavy (non-hydrogen) atoms. The SMILES string of the molecule is C=C(Cl)C(C(=O)OC)=C1SCCS1. The predicted molar refractivity (Wildman–Crippen MR) is 59.0 cm³/mol. The largest absolute Gasteiger partial charge is 0.465 e. The van der Waals surface area contributed by atoms with Crippen molar-refractivity contribution in [1.29, 1.82) is 0 Å². The van der Waals surface area contributed by atoms with Crippen LogP contribution in [0.25, 0.3) is 0 Å². The molecule has 1 saturated heterocycles. The summed E-state index contributed by atoms with van der Waals surface area (Å²) in [5, 5.41) is 0.253. The van der Waals surface area contributed by atoms with E-state index in [1.165, 1.54) is 7.11 Å². The molecular formula is C8H9ClO2S2. The summed E-state index contributed by atoms with van der Waals surface area (Å²) in [6.07, 6.45) is 0. The maximum Gasteiger partial charge on any atom is 0.341 e. The molecule has 0 spiro atoms. The summed E-state index contributed by atoms with van der Waals surface area (Å²) in [5.41, 5.74) is 0.414. The van der Waals surface area contributed by atoms with Gasteiger partial charge < -0.3 is 4.74 Å². The molecule has 0 radical (unpaired) electrons. The third kappa shape index (κ3) is 2.69. The zero-order valence-electron chi connectivity index (χ0n) is 7.13. The van der Waals surface area contributed by atoms with E-state index in [1.54, 1.807) is 23.5 Å². The Hall–Kier alpha value is -0.0600. The molecule has 1 fully saturated rings. The number of esters is 1. The number of thioether (sulfide) groups is 2. The van der Waals surface area contributed by atoms with Crippen molar-refractivity contribution in [3.05, 3.63) is 21.4 Å². The number of ether oxygens (including phenoxy) is 1. The Kier molecular flexibility index (Phi) is 4.22. The lowest BCUT2D eigenvalue weighted by atomic mass is 10.3. The van der Waals surface area contributed by atoms with E-state index >= 15 is 0 Å². The average Bonchev–Trinajstić information content (AvgIpc) is 2.56. The Morgan fingerprint density at radius 1 is 1.54 bits per heavy atom. The van der Waals surface area contributed by atoms with Crippen LogP contribution in [0.4, 0.5) is 0 Å². The Balaban J connectivity index is 2.96. The van der Waals surface area contributed by atoms with Crippen LogP contribution in [-0.4, -0.2) is 24.6 Å². The third-order valence-corrected chi connectivity index (χ3v) is 4.32. The van der Waals surface area contributed by atoms with Gasteiger partial charge in [-0.3, -0.25) is 0 Å². The number of halogens is 1. The first-order chi connectivity index (χ1) is 6.16. The Bertz CT molecular complexity index is 265. The average molecular weight is 237 g/mol. The summed E-state index contributed by atoms with van der Waals surface area (Å²) in [6.45, 7) is 3.55. The molecule has 0 aliphatic carbocycles. The third-order valence-electron chi connectivity index (χ3n) is 1.41. The fraction of sp³-hybridized carbons (Fsp3) is 0.375. The van der Waals surface area contributed by atoms with Crippen LogP contribution in [0.3, 0.4) is 0 Å². The van der Waals surface area contributed by atoms with Crippen LogP contribution < -0.4 is 0 Å². The van der Waals surface area contributed by atoms with Crippen LogP contribution >= 0.6 is 35.1 Å². The number of hydrogen-bond donors (Lipinski definition) is 0. The van der Waals surface area contributed by atoms with E-state index in [4.69, 9.17) is 11.6 Å². The molecule has 5 heteroatoms. The second-order valence-corrected chi connectivity index (χ2v) is 5.18. The van der Waals surface area contributed by atoms with Crippen molar-refractivity contribution in [3.63, 3.8) is 0 Å². The Morgan fingerprint density at radius 2 is 2.08 bits per heavy atom. The maximum absolute atomic E-state index is 11.3. The first kappa shape index (κ1) is 11.0. The van der Waals surface area contributed by atoms with Crippen molar-refractivity contribution in [1.82, 2.24) is 0 Å². The normalized spacial score (nSPS) is 15.7. The summed E-state index contributed by atoms with van der Waals surface area (Å²) in [6, 6.07) is 0. The second-order valence-electron chi connectivity index (χ2n) is 2.26. The minimum atomic E-state index is -0.406. The number of rotatable bonds is 2. The number of carbonyl (C=O) groups is 1. The van der Waals surface area contributed by atoms with Crippen LogP contribution in [0.1, 0.15) is 0 Å². The molecule has 1 heterocycles. The fourth-order valence-electron chi connectivity index (χ4n) is 0.862. The Labute approximate surface area is 90.7 Å². The van der Waals surface area contributed by atoms with E-state index in [9.17, 15) is 4.79 Å². The quantitative estimate of drug-likeness (QED) is 0.544. The van der Waals surface area contributed by atoms with Gasteiger partial charge in [0.25, 0.3) is 0 Å². The lowest BCUT2D eigenvalue weighted by Gasteiger charge is -2.05. The summed E-state index contributed by atoms with van der Waals surface area (Å²) in [5.74, 6) is 1.60. The van der Waals surface area contributed by atoms with E-state index in [0.29, 0.717) is 5.57 Å². The second kappa shape index (κ2) is 4.98. The van der Waals surface area contributed by atoms with E-state index in [1.807, 2.05) is 0 Å². The molecule has 0 aromatic carbocycles. The highest BCUT2D eigenvalue weighted by Gasteiger charge is 2.21. The van der Waals surface area contributed by atoms with Gasteiger partial charge in [0.15, 0.2) is 0 Å². The van der Waals surface area contributed by atoms with Crippen molar-refractivity contribution in [2.75, 3.05) is 18.6 Å². The number of hydrogen-bond acceptors (Lipinski definition) is 4. The topological polar surface area (TPSA) is 26.3 Å². The summed E-state index contributed by atoms with van der Waals surface area (Å²) < 4.78 is 5.54. The maximum atomic E-state index is 11.3. The molecule has 0 unspecified atom stereocenters. The van der Waals surface area contributed by atoms with Gasteiger partial charge in [-0.05, 0) is 0 Å². The zero-order chi connectivity index (χ0) is 9.84. The van der Waals surface area contributed by atoms with Gasteiger partial charge in [-0.2, -0.15) is 0 Å². The van der Waals surface area contributed by atoms with Crippen molar-refractivity contribution in [3.8, 4) is 0 Å². The molecule has 1 rings (SSSR count). The van der Waals surface area contributed by atoms with Gasteiger partial charge in [-0.25, -0.2) is 4.79 Å². The van der Waals surface area contributed by atoms with Gasteiger partial charge >= 0.3 is 5.97 Å². The lowest BCUT2D eigenvalue weighted by Crippen LogP contribution is -2.05. The number of methoxy groups -OCH3 is 1. The summed E-state index contributed by atoms with van der Waals surface area (Å²) in [4.78, 5) is 11.3. The van der Waals surface area contributed by atoms with Crippen LogP contribution in [0.15, 0.2) is 21.4 Å². The van der Waals surface area contributed by atoms with Gasteiger partial charge in [-0.15, -0.1) is 23.5 Å². The molecule has 0 aromatic rings. The van der Waals surface area contributed by atoms with Gasteiger partial charge in [0.2, 0.25) is 0 Å². The van der Waals surface area contributed by atoms with Gasteiger partial charge in [0, 0.05) is 16.5 Å². The molecule has 0 aromatic heterocycles. The fourth-order valence-corrected chi connectivity index (χ4v) is 3.72. The van der Waals surface area contributed by atoms with E-state index in [2.05, 4.69) is 11.3 Å². The molecule has 1 aliphatic heterocycles. The summed E-state index contributed by atoms with van der Waals surface area (Å²) in [7, 11) is 1.34. The van der Waals surface area contributed by atoms with Crippen LogP contribution in [0.5, 0.6) is 0 Å². The highest BCUT2D eigenvalue weighted by Crippen LogP contribution is 2.41. The lowest BCUT2D eigenvalue weighted by molar-refractivity contribution is -0.135. The zero-order valence-corrected chi connectivity index (χ0v) is 9.52. The molecule has 0 atom stereocenters. The predicted octanol–water partition coefficient (Wildman–Crippen LogP) is 2.60. The van der Waals surface area contributed by atoms with Crippen LogP contribution in [0.2, 0.25) is 0 Å². The molecule has 2 nitrogen and oxygen atoms in total. The van der Waals surface area contributed by atoms with Crippen molar-refractivity contribution in [2.24, 2.45) is 0 Å². The minimum Gasteiger partial charge on any atom is -0.465 e. The molecule has 0 N–H and O–H groups in total. The highest BCUT2D eigenvalue weighted by molar-refractivity contribution is 8.25. The first-order valence-electron chi connectivity index (χ1n) is 3.59. The van der Waals surface area contributed by atoms with Gasteiger partial charge in [-0.1, -0.05) is 18.2 Å². The van der Waals surface area contributed by atoms with E-state index in [-0.39, 0.29) is 5.03 Å². The van der Waals surface area contributed by atoms with Gasteiger partial charge in [0.05, 0.1) is 16.9 Å². The Morgan fingerprint density at radius 3 is 2.46 bits per heavy atom. The molecule has 1 aliphatic rings. The smallest absolute Gasteiger partial charge is 0.341 e. The standard InChI is InChI=1S/C8H9ClO2S2/c1-5(9)6(7(10)11-2)8-12-3-4-13-8/h1,3-4H2,2H3. The van der Waals surface area contributed by atoms with Crippen LogP contribution in [0, 0.1) is 0 Å². The molecule has 0 saturated carbocycles. The number of carbonyl (C=O) groups excluding carboxylic acids is 1. The van der Waals surface area contributed by atoms with Crippen molar-refractivity contribution < 1.29 is 9.53 Å². The van der Waals surface area contributed by atoms with Crippen molar-refractivity contribution in [2.45, 2.75) is 0 Å². The van der Waals surface area contributed by atoms with Gasteiger partial charge in [0.1, 0.15) is 0 Å². The van der Waals surface area contributed by atoms with Crippen LogP contribution in [-0.2, 0) is 9.53 Å². The molecule has 0 amide bonds. The van der Waals surface area contributed by atoms with E-state index < -0.39 is 5.97 Å². The highest BCUT2D eigenvalue weighted by atomic mass is 35.5. The first-order valence-corrected chi connectivity index (χ1v) is 5.94. The molecular weight excluding hydrogens is 228 g/mol. The molecule has 0 bridgehead atoms. The van der Waals surface area contributed by atoms with E-state index in [0.717, 1.165) is 15.7 Å². The molecule has 72 valence electrons. The minimum absolute atomic E-state index is 0.253. The van der Waals surface area contributed by atoms with Crippen molar-refractivity contribution >= 4 is 41.1 Å². The summed E-state index contributed by atoms with van der Waals surface area (Å²) >= 11 is 8.96. The monoisotopic (exact) mass is 236 g/mol.